The lowest BCUT2D eigenvalue weighted by molar-refractivity contribution is 0.0919. The van der Waals surface area contributed by atoms with Crippen LogP contribution in [0.25, 0.3) is 0 Å². The Morgan fingerprint density at radius 3 is 2.12 bits per heavy atom. The summed E-state index contributed by atoms with van der Waals surface area (Å²) in [7, 11) is 2.35. The second-order valence-electron chi connectivity index (χ2n) is 6.87. The van der Waals surface area contributed by atoms with Gasteiger partial charge in [-0.15, -0.1) is 0 Å². The molecule has 2 heteroatoms. The Bertz CT molecular complexity index is 244. The summed E-state index contributed by atoms with van der Waals surface area (Å²) in [5.74, 6) is 1.97. The SMILES string of the molecule is CC1CCN(CC2C[C@H]3CC[C@@H](C2)N3C)CC1. The molecular formula is C15H28N2. The molecule has 2 nitrogen and oxygen atoms in total. The van der Waals surface area contributed by atoms with E-state index in [1.54, 1.807) is 0 Å². The van der Waals surface area contributed by atoms with Crippen molar-refractivity contribution in [3.05, 3.63) is 0 Å². The van der Waals surface area contributed by atoms with Gasteiger partial charge in [0, 0.05) is 18.6 Å². The molecule has 1 unspecified atom stereocenters. The molecule has 0 amide bonds. The molecule has 0 aromatic heterocycles. The highest BCUT2D eigenvalue weighted by molar-refractivity contribution is 4.94. The minimum absolute atomic E-state index is 0.919. The van der Waals surface area contributed by atoms with Gasteiger partial charge >= 0.3 is 0 Å². The molecule has 0 aliphatic carbocycles. The van der Waals surface area contributed by atoms with E-state index in [1.165, 1.54) is 58.2 Å². The van der Waals surface area contributed by atoms with Crippen LogP contribution in [0.5, 0.6) is 0 Å². The summed E-state index contributed by atoms with van der Waals surface area (Å²) in [6.07, 6.45) is 8.74. The number of likely N-dealkylation sites (tertiary alicyclic amines) is 1. The largest absolute Gasteiger partial charge is 0.303 e. The highest BCUT2D eigenvalue weighted by Gasteiger charge is 2.38. The van der Waals surface area contributed by atoms with Crippen molar-refractivity contribution in [1.29, 1.82) is 0 Å². The third-order valence-electron chi connectivity index (χ3n) is 5.59. The zero-order chi connectivity index (χ0) is 11.8. The fourth-order valence-corrected chi connectivity index (χ4v) is 4.28. The summed E-state index contributed by atoms with van der Waals surface area (Å²) in [6.45, 7) is 6.53. The third-order valence-corrected chi connectivity index (χ3v) is 5.59. The van der Waals surface area contributed by atoms with E-state index in [2.05, 4.69) is 23.8 Å². The molecule has 17 heavy (non-hydrogen) atoms. The van der Waals surface area contributed by atoms with Crippen molar-refractivity contribution in [3.8, 4) is 0 Å². The van der Waals surface area contributed by atoms with Crippen molar-refractivity contribution >= 4 is 0 Å². The van der Waals surface area contributed by atoms with Gasteiger partial charge in [-0.2, -0.15) is 0 Å². The quantitative estimate of drug-likeness (QED) is 0.727. The number of nitrogens with zero attached hydrogens (tertiary/aromatic N) is 2. The molecule has 3 fully saturated rings. The second-order valence-corrected chi connectivity index (χ2v) is 6.87. The molecule has 3 aliphatic rings. The van der Waals surface area contributed by atoms with E-state index in [4.69, 9.17) is 0 Å². The molecule has 3 aliphatic heterocycles. The van der Waals surface area contributed by atoms with Gasteiger partial charge in [-0.25, -0.2) is 0 Å². The predicted molar refractivity (Wildman–Crippen MR) is 72.1 cm³/mol. The van der Waals surface area contributed by atoms with Gasteiger partial charge in [0.2, 0.25) is 0 Å². The van der Waals surface area contributed by atoms with Crippen LogP contribution in [0, 0.1) is 11.8 Å². The van der Waals surface area contributed by atoms with Crippen molar-refractivity contribution in [3.63, 3.8) is 0 Å². The molecule has 3 heterocycles. The van der Waals surface area contributed by atoms with Gasteiger partial charge in [0.15, 0.2) is 0 Å². The zero-order valence-electron chi connectivity index (χ0n) is 11.6. The number of piperidine rings is 2. The number of hydrogen-bond donors (Lipinski definition) is 0. The molecular weight excluding hydrogens is 208 g/mol. The fourth-order valence-electron chi connectivity index (χ4n) is 4.28. The smallest absolute Gasteiger partial charge is 0.00988 e. The van der Waals surface area contributed by atoms with E-state index in [9.17, 15) is 0 Å². The molecule has 0 saturated carbocycles. The van der Waals surface area contributed by atoms with E-state index in [1.807, 2.05) is 0 Å². The van der Waals surface area contributed by atoms with Crippen LogP contribution < -0.4 is 0 Å². The topological polar surface area (TPSA) is 6.48 Å². The maximum absolute atomic E-state index is 2.75. The van der Waals surface area contributed by atoms with E-state index < -0.39 is 0 Å². The lowest BCUT2D eigenvalue weighted by atomic mass is 9.89. The summed E-state index contributed by atoms with van der Waals surface area (Å²) in [6, 6.07) is 1.84. The molecule has 3 atom stereocenters. The summed E-state index contributed by atoms with van der Waals surface area (Å²) in [5.41, 5.74) is 0. The van der Waals surface area contributed by atoms with Gasteiger partial charge in [0.25, 0.3) is 0 Å². The molecule has 0 N–H and O–H groups in total. The van der Waals surface area contributed by atoms with E-state index >= 15 is 0 Å². The average molecular weight is 236 g/mol. The van der Waals surface area contributed by atoms with E-state index in [-0.39, 0.29) is 0 Å². The number of rotatable bonds is 2. The molecule has 98 valence electrons. The van der Waals surface area contributed by atoms with Crippen LogP contribution in [-0.2, 0) is 0 Å². The van der Waals surface area contributed by atoms with Crippen LogP contribution in [0.15, 0.2) is 0 Å². The van der Waals surface area contributed by atoms with Crippen molar-refractivity contribution in [2.24, 2.45) is 11.8 Å². The van der Waals surface area contributed by atoms with Gasteiger partial charge in [0.05, 0.1) is 0 Å². The van der Waals surface area contributed by atoms with Crippen molar-refractivity contribution < 1.29 is 0 Å². The first-order valence-corrected chi connectivity index (χ1v) is 7.66. The van der Waals surface area contributed by atoms with Gasteiger partial charge < -0.3 is 9.80 Å². The van der Waals surface area contributed by atoms with Crippen LogP contribution in [0.1, 0.15) is 45.4 Å². The molecule has 0 radical (unpaired) electrons. The molecule has 2 bridgehead atoms. The first kappa shape index (κ1) is 12.0. The van der Waals surface area contributed by atoms with E-state index in [0.29, 0.717) is 0 Å². The third kappa shape index (κ3) is 2.53. The minimum atomic E-state index is 0.919. The first-order chi connectivity index (χ1) is 8.22. The van der Waals surface area contributed by atoms with Crippen LogP contribution >= 0.6 is 0 Å². The normalized spacial score (nSPS) is 40.9. The number of hydrogen-bond acceptors (Lipinski definition) is 2. The molecule has 3 saturated heterocycles. The maximum Gasteiger partial charge on any atom is 0.00988 e. The summed E-state index contributed by atoms with van der Waals surface area (Å²) < 4.78 is 0. The van der Waals surface area contributed by atoms with Gasteiger partial charge in [-0.05, 0) is 70.5 Å². The van der Waals surface area contributed by atoms with Crippen LogP contribution in [0.3, 0.4) is 0 Å². The van der Waals surface area contributed by atoms with Crippen LogP contribution in [0.2, 0.25) is 0 Å². The maximum atomic E-state index is 2.75. The standard InChI is InChI=1S/C15H28N2/c1-12-5-7-17(8-6-12)11-13-9-14-3-4-15(10-13)16(14)2/h12-15H,3-11H2,1-2H3/t13?,14-,15+. The summed E-state index contributed by atoms with van der Waals surface area (Å²) in [4.78, 5) is 5.41. The zero-order valence-corrected chi connectivity index (χ0v) is 11.6. The molecule has 0 aromatic rings. The van der Waals surface area contributed by atoms with Crippen LogP contribution in [-0.4, -0.2) is 48.6 Å². The van der Waals surface area contributed by atoms with Crippen molar-refractivity contribution in [2.75, 3.05) is 26.7 Å². The Kier molecular flexibility index (Phi) is 3.45. The monoisotopic (exact) mass is 236 g/mol. The average Bonchev–Trinajstić information content (AvgIpc) is 2.55. The lowest BCUT2D eigenvalue weighted by Gasteiger charge is -2.40. The molecule has 0 aromatic carbocycles. The summed E-state index contributed by atoms with van der Waals surface area (Å²) in [5, 5.41) is 0. The highest BCUT2D eigenvalue weighted by Crippen LogP contribution is 2.37. The molecule has 0 spiro atoms. The van der Waals surface area contributed by atoms with Gasteiger partial charge in [-0.3, -0.25) is 0 Å². The van der Waals surface area contributed by atoms with Crippen molar-refractivity contribution in [1.82, 2.24) is 9.80 Å². The van der Waals surface area contributed by atoms with Gasteiger partial charge in [-0.1, -0.05) is 6.92 Å². The first-order valence-electron chi connectivity index (χ1n) is 7.66. The predicted octanol–water partition coefficient (Wildman–Crippen LogP) is 2.59. The second kappa shape index (κ2) is 4.89. The number of fused-ring (bicyclic) bond motifs is 2. The van der Waals surface area contributed by atoms with Crippen LogP contribution in [0.4, 0.5) is 0 Å². The van der Waals surface area contributed by atoms with Crippen molar-refractivity contribution in [2.45, 2.75) is 57.5 Å². The van der Waals surface area contributed by atoms with E-state index in [0.717, 1.165) is 23.9 Å². The Morgan fingerprint density at radius 1 is 0.941 bits per heavy atom. The Morgan fingerprint density at radius 2 is 1.53 bits per heavy atom. The lowest BCUT2D eigenvalue weighted by Crippen LogP contribution is -2.44. The molecule has 3 rings (SSSR count). The highest BCUT2D eigenvalue weighted by atomic mass is 15.2. The summed E-state index contributed by atoms with van der Waals surface area (Å²) >= 11 is 0. The Balaban J connectivity index is 1.50. The fraction of sp³-hybridized carbons (Fsp3) is 1.00. The Hall–Kier alpha value is -0.0800. The Labute approximate surface area is 106 Å². The minimum Gasteiger partial charge on any atom is -0.303 e. The van der Waals surface area contributed by atoms with Gasteiger partial charge in [0.1, 0.15) is 0 Å².